The van der Waals surface area contributed by atoms with E-state index in [2.05, 4.69) is 5.32 Å². The number of aromatic carboxylic acids is 1. The van der Waals surface area contributed by atoms with Crippen LogP contribution in [0.5, 0.6) is 0 Å². The number of nitrogens with two attached hydrogens (primary N) is 1. The predicted molar refractivity (Wildman–Crippen MR) is 111 cm³/mol. The van der Waals surface area contributed by atoms with E-state index < -0.39 is 5.97 Å². The van der Waals surface area contributed by atoms with Gasteiger partial charge in [-0.2, -0.15) is 0 Å². The molecule has 1 unspecified atom stereocenters. The molecule has 0 radical (unpaired) electrons. The molecule has 2 rings (SSSR count). The van der Waals surface area contributed by atoms with Gasteiger partial charge in [-0.15, -0.1) is 0 Å². The van der Waals surface area contributed by atoms with Gasteiger partial charge in [-0.05, 0) is 61.2 Å². The Bertz CT molecular complexity index is 922. The third kappa shape index (κ3) is 6.76. The normalized spacial score (nSPS) is 13.1. The summed E-state index contributed by atoms with van der Waals surface area (Å²) < 4.78 is 13.1. The van der Waals surface area contributed by atoms with E-state index in [-0.39, 0.29) is 28.4 Å². The molecule has 0 fully saturated rings. The summed E-state index contributed by atoms with van der Waals surface area (Å²) in [6.45, 7) is 1.80. The molecule has 1 amide bonds. The SMILES string of the molecule is CC(NC(=O)/C(=C/C(Cl)=C\N)CCc1ccc(F)cc1)c1ccc(C(=O)O)cc1. The number of amides is 1. The Hall–Kier alpha value is -3.12. The van der Waals surface area contributed by atoms with Gasteiger partial charge >= 0.3 is 5.97 Å². The minimum absolute atomic E-state index is 0.173. The van der Waals surface area contributed by atoms with Crippen LogP contribution in [-0.2, 0) is 11.2 Å². The molecule has 2 aromatic carbocycles. The van der Waals surface area contributed by atoms with Gasteiger partial charge in [-0.1, -0.05) is 35.9 Å². The molecule has 152 valence electrons. The smallest absolute Gasteiger partial charge is 0.335 e. The van der Waals surface area contributed by atoms with Gasteiger partial charge in [-0.3, -0.25) is 4.79 Å². The summed E-state index contributed by atoms with van der Waals surface area (Å²) in [6, 6.07) is 12.0. The quantitative estimate of drug-likeness (QED) is 0.442. The number of hydrogen-bond donors (Lipinski definition) is 3. The molecule has 0 aromatic heterocycles. The average molecular weight is 417 g/mol. The monoisotopic (exact) mass is 416 g/mol. The van der Waals surface area contributed by atoms with E-state index in [4.69, 9.17) is 22.4 Å². The summed E-state index contributed by atoms with van der Waals surface area (Å²) in [7, 11) is 0. The number of carboxylic acids is 1. The van der Waals surface area contributed by atoms with Gasteiger partial charge in [0, 0.05) is 11.8 Å². The van der Waals surface area contributed by atoms with E-state index >= 15 is 0 Å². The van der Waals surface area contributed by atoms with Crippen molar-refractivity contribution in [2.75, 3.05) is 0 Å². The van der Waals surface area contributed by atoms with Crippen molar-refractivity contribution in [3.8, 4) is 0 Å². The van der Waals surface area contributed by atoms with Gasteiger partial charge in [-0.25, -0.2) is 9.18 Å². The number of rotatable bonds is 8. The van der Waals surface area contributed by atoms with Crippen molar-refractivity contribution in [2.24, 2.45) is 5.73 Å². The Labute approximate surface area is 173 Å². The molecule has 0 aliphatic rings. The fraction of sp³-hybridized carbons (Fsp3) is 0.182. The lowest BCUT2D eigenvalue weighted by Gasteiger charge is -2.16. The molecular weight excluding hydrogens is 395 g/mol. The van der Waals surface area contributed by atoms with Gasteiger partial charge in [0.05, 0.1) is 16.6 Å². The zero-order chi connectivity index (χ0) is 21.4. The molecule has 1 atom stereocenters. The van der Waals surface area contributed by atoms with Gasteiger partial charge in [0.1, 0.15) is 5.82 Å². The highest BCUT2D eigenvalue weighted by Gasteiger charge is 2.15. The van der Waals surface area contributed by atoms with Crippen LogP contribution in [0.2, 0.25) is 0 Å². The summed E-state index contributed by atoms with van der Waals surface area (Å²) in [5, 5.41) is 12.1. The van der Waals surface area contributed by atoms with E-state index in [0.29, 0.717) is 18.4 Å². The Morgan fingerprint density at radius 3 is 2.34 bits per heavy atom. The molecule has 0 spiro atoms. The maximum Gasteiger partial charge on any atom is 0.335 e. The lowest BCUT2D eigenvalue weighted by molar-refractivity contribution is -0.118. The van der Waals surface area contributed by atoms with Gasteiger partial charge in [0.15, 0.2) is 0 Å². The zero-order valence-corrected chi connectivity index (χ0v) is 16.6. The maximum absolute atomic E-state index is 13.1. The molecule has 5 nitrogen and oxygen atoms in total. The topological polar surface area (TPSA) is 92.4 Å². The molecular formula is C22H22ClFN2O3. The van der Waals surface area contributed by atoms with Crippen LogP contribution in [0.3, 0.4) is 0 Å². The largest absolute Gasteiger partial charge is 0.478 e. The highest BCUT2D eigenvalue weighted by atomic mass is 35.5. The second kappa shape index (κ2) is 10.4. The number of allylic oxidation sites excluding steroid dienone is 2. The summed E-state index contributed by atoms with van der Waals surface area (Å²) >= 11 is 5.98. The summed E-state index contributed by atoms with van der Waals surface area (Å²) in [5.74, 6) is -1.65. The van der Waals surface area contributed by atoms with Crippen LogP contribution in [0.4, 0.5) is 4.39 Å². The lowest BCUT2D eigenvalue weighted by atomic mass is 10.0. The third-order valence-electron chi connectivity index (χ3n) is 4.36. The van der Waals surface area contributed by atoms with Gasteiger partial charge in [0.2, 0.25) is 5.91 Å². The van der Waals surface area contributed by atoms with Crippen molar-refractivity contribution in [2.45, 2.75) is 25.8 Å². The molecule has 0 saturated carbocycles. The van der Waals surface area contributed by atoms with E-state index in [9.17, 15) is 14.0 Å². The summed E-state index contributed by atoms with van der Waals surface area (Å²) in [5.41, 5.74) is 7.66. The molecule has 7 heteroatoms. The van der Waals surface area contributed by atoms with Crippen LogP contribution >= 0.6 is 11.6 Å². The number of carbonyl (C=O) groups is 2. The minimum atomic E-state index is -1.01. The Morgan fingerprint density at radius 1 is 1.17 bits per heavy atom. The van der Waals surface area contributed by atoms with Crippen molar-refractivity contribution < 1.29 is 19.1 Å². The van der Waals surface area contributed by atoms with Gasteiger partial charge < -0.3 is 16.2 Å². The van der Waals surface area contributed by atoms with Crippen molar-refractivity contribution in [3.05, 3.63) is 93.9 Å². The second-order valence-electron chi connectivity index (χ2n) is 6.47. The first-order chi connectivity index (χ1) is 13.8. The Kier molecular flexibility index (Phi) is 7.98. The van der Waals surface area contributed by atoms with E-state index in [1.165, 1.54) is 36.5 Å². The predicted octanol–water partition coefficient (Wildman–Crippen LogP) is 4.30. The molecule has 2 aromatic rings. The number of carbonyl (C=O) groups excluding carboxylic acids is 1. The first-order valence-electron chi connectivity index (χ1n) is 8.96. The standard InChI is InChI=1S/C22H22ClFN2O3/c1-14(16-6-8-17(9-7-16)22(28)29)26-21(27)18(12-19(23)13-25)5-2-15-3-10-20(24)11-4-15/h3-4,6-14H,2,5,25H2,1H3,(H,26,27)(H,28,29)/b18-12+,19-13+. The number of benzene rings is 2. The van der Waals surface area contributed by atoms with Crippen LogP contribution < -0.4 is 11.1 Å². The Balaban J connectivity index is 2.10. The van der Waals surface area contributed by atoms with Crippen LogP contribution in [0.15, 0.2) is 71.4 Å². The van der Waals surface area contributed by atoms with Crippen LogP contribution in [0.25, 0.3) is 0 Å². The molecule has 0 heterocycles. The van der Waals surface area contributed by atoms with Crippen LogP contribution in [0.1, 0.15) is 40.9 Å². The second-order valence-corrected chi connectivity index (χ2v) is 6.91. The highest BCUT2D eigenvalue weighted by Crippen LogP contribution is 2.18. The van der Waals surface area contributed by atoms with Crippen LogP contribution in [0, 0.1) is 5.82 Å². The maximum atomic E-state index is 13.1. The fourth-order valence-electron chi connectivity index (χ4n) is 2.68. The van der Waals surface area contributed by atoms with E-state index in [1.807, 2.05) is 0 Å². The molecule has 0 aliphatic heterocycles. The van der Waals surface area contributed by atoms with Crippen molar-refractivity contribution in [1.82, 2.24) is 5.32 Å². The highest BCUT2D eigenvalue weighted by molar-refractivity contribution is 6.31. The first-order valence-corrected chi connectivity index (χ1v) is 9.34. The summed E-state index contributed by atoms with van der Waals surface area (Å²) in [6.07, 6.45) is 3.60. The molecule has 0 saturated heterocycles. The van der Waals surface area contributed by atoms with Crippen molar-refractivity contribution in [3.63, 3.8) is 0 Å². The molecule has 0 aliphatic carbocycles. The average Bonchev–Trinajstić information content (AvgIpc) is 2.71. The van der Waals surface area contributed by atoms with E-state index in [1.54, 1.807) is 31.2 Å². The van der Waals surface area contributed by atoms with Crippen molar-refractivity contribution in [1.29, 1.82) is 0 Å². The number of halogens is 2. The lowest BCUT2D eigenvalue weighted by Crippen LogP contribution is -2.28. The minimum Gasteiger partial charge on any atom is -0.478 e. The fourth-order valence-corrected chi connectivity index (χ4v) is 2.81. The summed E-state index contributed by atoms with van der Waals surface area (Å²) in [4.78, 5) is 23.7. The van der Waals surface area contributed by atoms with Gasteiger partial charge in [0.25, 0.3) is 0 Å². The molecule has 29 heavy (non-hydrogen) atoms. The number of hydrogen-bond acceptors (Lipinski definition) is 3. The van der Waals surface area contributed by atoms with E-state index in [0.717, 1.165) is 11.1 Å². The Morgan fingerprint density at radius 2 is 1.79 bits per heavy atom. The first kappa shape index (κ1) is 22.2. The number of nitrogens with one attached hydrogen (secondary N) is 1. The molecule has 4 N–H and O–H groups in total. The number of aryl methyl sites for hydroxylation is 1. The van der Waals surface area contributed by atoms with Crippen molar-refractivity contribution >= 4 is 23.5 Å². The third-order valence-corrected chi connectivity index (χ3v) is 4.60. The van der Waals surface area contributed by atoms with Crippen LogP contribution in [-0.4, -0.2) is 17.0 Å². The zero-order valence-electron chi connectivity index (χ0n) is 15.9. The molecule has 0 bridgehead atoms. The number of carboxylic acid groups (broad SMARTS) is 1.